The molecular weight excluding hydrogens is 272 g/mol. The van der Waals surface area contributed by atoms with E-state index < -0.39 is 5.54 Å². The molecule has 0 aliphatic carbocycles. The Bertz CT molecular complexity index is 326. The molecule has 3 atom stereocenters. The van der Waals surface area contributed by atoms with E-state index in [9.17, 15) is 4.79 Å². The third kappa shape index (κ3) is 4.92. The lowest BCUT2D eigenvalue weighted by atomic mass is 9.96. The van der Waals surface area contributed by atoms with Gasteiger partial charge in [-0.2, -0.15) is 0 Å². The Kier molecular flexibility index (Phi) is 7.06. The number of methoxy groups -OCH3 is 3. The lowest BCUT2D eigenvalue weighted by Gasteiger charge is -2.31. The van der Waals surface area contributed by atoms with Gasteiger partial charge in [0.05, 0.1) is 19.3 Å². The normalized spacial score (nSPS) is 26.0. The molecule has 1 heterocycles. The summed E-state index contributed by atoms with van der Waals surface area (Å²) in [5, 5.41) is 3.32. The Labute approximate surface area is 128 Å². The van der Waals surface area contributed by atoms with Crippen LogP contribution in [0.3, 0.4) is 0 Å². The zero-order valence-corrected chi connectivity index (χ0v) is 14.1. The number of ether oxygens (including phenoxy) is 3. The number of nitrogens with zero attached hydrogens (tertiary/aromatic N) is 1. The molecule has 1 N–H and O–H groups in total. The van der Waals surface area contributed by atoms with E-state index >= 15 is 0 Å². The first-order valence-corrected chi connectivity index (χ1v) is 7.50. The number of carbonyl (C=O) groups excluding carboxylic acids is 1. The summed E-state index contributed by atoms with van der Waals surface area (Å²) in [6.45, 7) is 8.40. The number of hydrogen-bond donors (Lipinski definition) is 1. The smallest absolute Gasteiger partial charge is 0.325 e. The van der Waals surface area contributed by atoms with E-state index in [2.05, 4.69) is 10.2 Å². The van der Waals surface area contributed by atoms with Crippen molar-refractivity contribution in [2.24, 2.45) is 0 Å². The van der Waals surface area contributed by atoms with Crippen LogP contribution in [0.1, 0.15) is 27.2 Å². The maximum Gasteiger partial charge on any atom is 0.325 e. The first kappa shape index (κ1) is 18.4. The molecule has 0 saturated carbocycles. The van der Waals surface area contributed by atoms with Crippen LogP contribution in [-0.2, 0) is 19.0 Å². The molecule has 0 spiro atoms. The standard InChI is InChI=1S/C15H30N2O4/c1-11(2)16-15(3,14(18)21-6)7-8-17-9-12(19-4)13(10-17)20-5/h11-13,16H,7-10H2,1-6H3. The zero-order chi connectivity index (χ0) is 16.0. The van der Waals surface area contributed by atoms with E-state index in [0.717, 1.165) is 19.6 Å². The van der Waals surface area contributed by atoms with Gasteiger partial charge in [-0.1, -0.05) is 0 Å². The van der Waals surface area contributed by atoms with Crippen molar-refractivity contribution in [1.29, 1.82) is 0 Å². The van der Waals surface area contributed by atoms with Gasteiger partial charge in [-0.05, 0) is 27.2 Å². The highest BCUT2D eigenvalue weighted by molar-refractivity contribution is 5.80. The van der Waals surface area contributed by atoms with Crippen molar-refractivity contribution in [3.05, 3.63) is 0 Å². The summed E-state index contributed by atoms with van der Waals surface area (Å²) < 4.78 is 15.8. The van der Waals surface area contributed by atoms with Gasteiger partial charge in [-0.3, -0.25) is 15.0 Å². The summed E-state index contributed by atoms with van der Waals surface area (Å²) in [6.07, 6.45) is 0.875. The highest BCUT2D eigenvalue weighted by Gasteiger charge is 2.38. The fourth-order valence-corrected chi connectivity index (χ4v) is 2.93. The molecular formula is C15H30N2O4. The zero-order valence-electron chi connectivity index (χ0n) is 14.1. The summed E-state index contributed by atoms with van der Waals surface area (Å²) in [7, 11) is 4.85. The first-order valence-electron chi connectivity index (χ1n) is 7.50. The van der Waals surface area contributed by atoms with Crippen LogP contribution < -0.4 is 5.32 Å². The topological polar surface area (TPSA) is 60.0 Å². The maximum absolute atomic E-state index is 12.1. The molecule has 3 unspecified atom stereocenters. The lowest BCUT2D eigenvalue weighted by Crippen LogP contribution is -2.54. The second-order valence-electron chi connectivity index (χ2n) is 6.18. The summed E-state index contributed by atoms with van der Waals surface area (Å²) >= 11 is 0. The fraction of sp³-hybridized carbons (Fsp3) is 0.933. The number of rotatable bonds is 8. The molecule has 0 aromatic carbocycles. The minimum atomic E-state index is -0.670. The molecule has 6 heteroatoms. The molecule has 0 aromatic rings. The SMILES string of the molecule is COC(=O)C(C)(CCN1CC(OC)C(OC)C1)NC(C)C. The largest absolute Gasteiger partial charge is 0.468 e. The van der Waals surface area contributed by atoms with Crippen molar-refractivity contribution in [2.45, 2.75) is 51.0 Å². The molecule has 1 rings (SSSR count). The van der Waals surface area contributed by atoms with Gasteiger partial charge in [0.2, 0.25) is 0 Å². The van der Waals surface area contributed by atoms with E-state index in [4.69, 9.17) is 14.2 Å². The summed E-state index contributed by atoms with van der Waals surface area (Å²) in [5.41, 5.74) is -0.670. The number of esters is 1. The summed E-state index contributed by atoms with van der Waals surface area (Å²) in [5.74, 6) is -0.220. The Hall–Kier alpha value is -0.690. The third-order valence-corrected chi connectivity index (χ3v) is 4.07. The molecule has 1 aliphatic heterocycles. The molecule has 0 amide bonds. The van der Waals surface area contributed by atoms with E-state index in [1.54, 1.807) is 14.2 Å². The molecule has 1 fully saturated rings. The van der Waals surface area contributed by atoms with Crippen LogP contribution in [0.5, 0.6) is 0 Å². The van der Waals surface area contributed by atoms with Gasteiger partial charge >= 0.3 is 5.97 Å². The molecule has 6 nitrogen and oxygen atoms in total. The second kappa shape index (κ2) is 8.08. The fourth-order valence-electron chi connectivity index (χ4n) is 2.93. The summed E-state index contributed by atoms with van der Waals surface area (Å²) in [6, 6.07) is 0.214. The minimum absolute atomic E-state index is 0.0949. The molecule has 0 radical (unpaired) electrons. The molecule has 1 saturated heterocycles. The van der Waals surface area contributed by atoms with E-state index in [1.807, 2.05) is 20.8 Å². The average molecular weight is 302 g/mol. The Balaban J connectivity index is 2.60. The highest BCUT2D eigenvalue weighted by Crippen LogP contribution is 2.19. The monoisotopic (exact) mass is 302 g/mol. The number of hydrogen-bond acceptors (Lipinski definition) is 6. The lowest BCUT2D eigenvalue weighted by molar-refractivity contribution is -0.148. The van der Waals surface area contributed by atoms with Crippen molar-refractivity contribution in [3.8, 4) is 0 Å². The number of carbonyl (C=O) groups is 1. The van der Waals surface area contributed by atoms with Gasteiger partial charge in [0.15, 0.2) is 0 Å². The Morgan fingerprint density at radius 2 is 1.76 bits per heavy atom. The van der Waals surface area contributed by atoms with Gasteiger partial charge in [0, 0.05) is 39.9 Å². The van der Waals surface area contributed by atoms with E-state index in [0.29, 0.717) is 6.42 Å². The first-order chi connectivity index (χ1) is 9.86. The van der Waals surface area contributed by atoms with Gasteiger partial charge in [0.1, 0.15) is 5.54 Å². The van der Waals surface area contributed by atoms with Crippen LogP contribution in [0.4, 0.5) is 0 Å². The Morgan fingerprint density at radius 3 is 2.14 bits per heavy atom. The average Bonchev–Trinajstić information content (AvgIpc) is 2.86. The van der Waals surface area contributed by atoms with Crippen molar-refractivity contribution >= 4 is 5.97 Å². The van der Waals surface area contributed by atoms with Crippen LogP contribution in [0.15, 0.2) is 0 Å². The second-order valence-corrected chi connectivity index (χ2v) is 6.18. The van der Waals surface area contributed by atoms with Crippen molar-refractivity contribution < 1.29 is 19.0 Å². The van der Waals surface area contributed by atoms with Gasteiger partial charge < -0.3 is 14.2 Å². The molecule has 0 aromatic heterocycles. The van der Waals surface area contributed by atoms with Crippen LogP contribution in [-0.4, -0.2) is 75.6 Å². The van der Waals surface area contributed by atoms with E-state index in [1.165, 1.54) is 7.11 Å². The van der Waals surface area contributed by atoms with Gasteiger partial charge in [0.25, 0.3) is 0 Å². The van der Waals surface area contributed by atoms with Gasteiger partial charge in [-0.25, -0.2) is 0 Å². The summed E-state index contributed by atoms with van der Waals surface area (Å²) in [4.78, 5) is 14.3. The molecule has 124 valence electrons. The van der Waals surface area contributed by atoms with Gasteiger partial charge in [-0.15, -0.1) is 0 Å². The maximum atomic E-state index is 12.1. The van der Waals surface area contributed by atoms with Crippen LogP contribution in [0.25, 0.3) is 0 Å². The molecule has 1 aliphatic rings. The molecule has 21 heavy (non-hydrogen) atoms. The predicted octanol–water partition coefficient (Wildman–Crippen LogP) is 0.652. The Morgan fingerprint density at radius 1 is 1.24 bits per heavy atom. The van der Waals surface area contributed by atoms with Crippen LogP contribution >= 0.6 is 0 Å². The van der Waals surface area contributed by atoms with Crippen molar-refractivity contribution in [1.82, 2.24) is 10.2 Å². The predicted molar refractivity (Wildman–Crippen MR) is 81.3 cm³/mol. The quantitative estimate of drug-likeness (QED) is 0.665. The number of nitrogens with one attached hydrogen (secondary N) is 1. The third-order valence-electron chi connectivity index (χ3n) is 4.07. The van der Waals surface area contributed by atoms with Crippen LogP contribution in [0, 0.1) is 0 Å². The highest BCUT2D eigenvalue weighted by atomic mass is 16.5. The van der Waals surface area contributed by atoms with Crippen molar-refractivity contribution in [3.63, 3.8) is 0 Å². The number of likely N-dealkylation sites (tertiary alicyclic amines) is 1. The minimum Gasteiger partial charge on any atom is -0.468 e. The van der Waals surface area contributed by atoms with Crippen molar-refractivity contribution in [2.75, 3.05) is 41.0 Å². The molecule has 0 bridgehead atoms. The van der Waals surface area contributed by atoms with E-state index in [-0.39, 0.29) is 24.2 Å². The van der Waals surface area contributed by atoms with Crippen LogP contribution in [0.2, 0.25) is 0 Å².